The summed E-state index contributed by atoms with van der Waals surface area (Å²) < 4.78 is 0. The summed E-state index contributed by atoms with van der Waals surface area (Å²) in [4.78, 5) is 2.81. The van der Waals surface area contributed by atoms with Crippen molar-refractivity contribution in [2.45, 2.75) is 72.4 Å². The molecule has 0 bridgehead atoms. The molecule has 0 spiro atoms. The van der Waals surface area contributed by atoms with Crippen molar-refractivity contribution in [2.24, 2.45) is 11.8 Å². The molecule has 2 atom stereocenters. The Morgan fingerprint density at radius 2 is 1.72 bits per heavy atom. The van der Waals surface area contributed by atoms with Crippen LogP contribution in [-0.4, -0.2) is 36.6 Å². The molecule has 0 aromatic heterocycles. The van der Waals surface area contributed by atoms with Gasteiger partial charge in [-0.1, -0.05) is 40.5 Å². The van der Waals surface area contributed by atoms with Gasteiger partial charge in [-0.25, -0.2) is 0 Å². The maximum Gasteiger partial charge on any atom is 0.0108 e. The van der Waals surface area contributed by atoms with E-state index in [1.165, 1.54) is 32.2 Å². The standard InChI is InChI=1S/C16H34N2/c1-6-17-11-14(4)15(5)18(12-13(2)3)16-9-7-8-10-16/h13-17H,6-12H2,1-5H3. The highest BCUT2D eigenvalue weighted by Crippen LogP contribution is 2.27. The molecule has 0 aromatic rings. The molecule has 108 valence electrons. The molecule has 1 aliphatic carbocycles. The van der Waals surface area contributed by atoms with Crippen LogP contribution in [0.1, 0.15) is 60.3 Å². The molecule has 0 aromatic carbocycles. The highest BCUT2D eigenvalue weighted by molar-refractivity contribution is 4.84. The van der Waals surface area contributed by atoms with Crippen molar-refractivity contribution in [1.82, 2.24) is 10.2 Å². The number of nitrogens with zero attached hydrogens (tertiary/aromatic N) is 1. The fourth-order valence-electron chi connectivity index (χ4n) is 3.17. The van der Waals surface area contributed by atoms with Gasteiger partial charge >= 0.3 is 0 Å². The van der Waals surface area contributed by atoms with Gasteiger partial charge in [0.25, 0.3) is 0 Å². The van der Waals surface area contributed by atoms with Crippen LogP contribution in [0, 0.1) is 11.8 Å². The third-order valence-electron chi connectivity index (χ3n) is 4.43. The molecule has 0 aliphatic heterocycles. The summed E-state index contributed by atoms with van der Waals surface area (Å²) in [5.41, 5.74) is 0. The zero-order chi connectivity index (χ0) is 13.5. The monoisotopic (exact) mass is 254 g/mol. The predicted molar refractivity (Wildman–Crippen MR) is 81.0 cm³/mol. The first kappa shape index (κ1) is 16.0. The van der Waals surface area contributed by atoms with E-state index in [-0.39, 0.29) is 0 Å². The van der Waals surface area contributed by atoms with E-state index in [1.807, 2.05) is 0 Å². The zero-order valence-corrected chi connectivity index (χ0v) is 13.2. The van der Waals surface area contributed by atoms with Crippen LogP contribution in [-0.2, 0) is 0 Å². The summed E-state index contributed by atoms with van der Waals surface area (Å²) >= 11 is 0. The first-order chi connectivity index (χ1) is 8.56. The molecule has 0 saturated heterocycles. The highest BCUT2D eigenvalue weighted by atomic mass is 15.2. The van der Waals surface area contributed by atoms with Crippen molar-refractivity contribution < 1.29 is 0 Å². The second kappa shape index (κ2) is 8.16. The topological polar surface area (TPSA) is 15.3 Å². The molecule has 2 heteroatoms. The summed E-state index contributed by atoms with van der Waals surface area (Å²) in [6, 6.07) is 1.56. The lowest BCUT2D eigenvalue weighted by Crippen LogP contribution is -2.47. The van der Waals surface area contributed by atoms with Crippen LogP contribution < -0.4 is 5.32 Å². The van der Waals surface area contributed by atoms with Gasteiger partial charge in [0.2, 0.25) is 0 Å². The van der Waals surface area contributed by atoms with Crippen LogP contribution in [0.4, 0.5) is 0 Å². The number of nitrogens with one attached hydrogen (secondary N) is 1. The Labute approximate surface area is 115 Å². The summed E-state index contributed by atoms with van der Waals surface area (Å²) in [6.45, 7) is 15.2. The Kier molecular flexibility index (Phi) is 7.25. The van der Waals surface area contributed by atoms with E-state index in [0.717, 1.165) is 31.0 Å². The van der Waals surface area contributed by atoms with E-state index in [9.17, 15) is 0 Å². The molecule has 2 nitrogen and oxygen atoms in total. The zero-order valence-electron chi connectivity index (χ0n) is 13.2. The summed E-state index contributed by atoms with van der Waals surface area (Å²) in [7, 11) is 0. The van der Waals surface area contributed by atoms with Gasteiger partial charge in [-0.2, -0.15) is 0 Å². The number of rotatable bonds is 8. The molecule has 1 aliphatic rings. The molecule has 1 fully saturated rings. The Morgan fingerprint density at radius 1 is 1.11 bits per heavy atom. The predicted octanol–water partition coefficient (Wildman–Crippen LogP) is 3.52. The van der Waals surface area contributed by atoms with Gasteiger partial charge in [-0.15, -0.1) is 0 Å². The lowest BCUT2D eigenvalue weighted by Gasteiger charge is -2.39. The van der Waals surface area contributed by atoms with E-state index < -0.39 is 0 Å². The molecule has 0 radical (unpaired) electrons. The third-order valence-corrected chi connectivity index (χ3v) is 4.43. The molecule has 0 heterocycles. The average Bonchev–Trinajstić information content (AvgIpc) is 2.85. The third kappa shape index (κ3) is 4.89. The SMILES string of the molecule is CCNCC(C)C(C)N(CC(C)C)C1CCCC1. The fraction of sp³-hybridized carbons (Fsp3) is 1.00. The van der Waals surface area contributed by atoms with Crippen LogP contribution in [0.2, 0.25) is 0 Å². The lowest BCUT2D eigenvalue weighted by atomic mass is 9.98. The van der Waals surface area contributed by atoms with Gasteiger partial charge in [0.1, 0.15) is 0 Å². The Balaban J connectivity index is 2.56. The maximum atomic E-state index is 3.50. The lowest BCUT2D eigenvalue weighted by molar-refractivity contribution is 0.0943. The molecular weight excluding hydrogens is 220 g/mol. The molecule has 2 unspecified atom stereocenters. The van der Waals surface area contributed by atoms with Crippen LogP contribution in [0.3, 0.4) is 0 Å². The second-order valence-electron chi connectivity index (χ2n) is 6.55. The van der Waals surface area contributed by atoms with E-state index >= 15 is 0 Å². The number of hydrogen-bond donors (Lipinski definition) is 1. The minimum absolute atomic E-state index is 0.703. The fourth-order valence-corrected chi connectivity index (χ4v) is 3.17. The summed E-state index contributed by atoms with van der Waals surface area (Å²) in [5, 5.41) is 3.50. The van der Waals surface area contributed by atoms with E-state index in [0.29, 0.717) is 6.04 Å². The largest absolute Gasteiger partial charge is 0.317 e. The van der Waals surface area contributed by atoms with E-state index in [1.54, 1.807) is 0 Å². The van der Waals surface area contributed by atoms with Gasteiger partial charge in [0.05, 0.1) is 0 Å². The van der Waals surface area contributed by atoms with Crippen LogP contribution >= 0.6 is 0 Å². The van der Waals surface area contributed by atoms with E-state index in [4.69, 9.17) is 0 Å². The minimum atomic E-state index is 0.703. The van der Waals surface area contributed by atoms with Crippen molar-refractivity contribution >= 4 is 0 Å². The van der Waals surface area contributed by atoms with Gasteiger partial charge < -0.3 is 5.32 Å². The van der Waals surface area contributed by atoms with Gasteiger partial charge in [0, 0.05) is 18.6 Å². The molecule has 1 N–H and O–H groups in total. The smallest absolute Gasteiger partial charge is 0.0108 e. The van der Waals surface area contributed by atoms with Gasteiger partial charge in [-0.05, 0) is 44.7 Å². The van der Waals surface area contributed by atoms with Crippen LogP contribution in [0.5, 0.6) is 0 Å². The summed E-state index contributed by atoms with van der Waals surface area (Å²) in [5.74, 6) is 1.52. The summed E-state index contributed by atoms with van der Waals surface area (Å²) in [6.07, 6.45) is 5.72. The Hall–Kier alpha value is -0.0800. The van der Waals surface area contributed by atoms with Crippen molar-refractivity contribution in [2.75, 3.05) is 19.6 Å². The van der Waals surface area contributed by atoms with Gasteiger partial charge in [0.15, 0.2) is 0 Å². The first-order valence-electron chi connectivity index (χ1n) is 8.02. The van der Waals surface area contributed by atoms with Crippen molar-refractivity contribution in [3.63, 3.8) is 0 Å². The molecule has 18 heavy (non-hydrogen) atoms. The van der Waals surface area contributed by atoms with Crippen molar-refractivity contribution in [3.05, 3.63) is 0 Å². The van der Waals surface area contributed by atoms with Gasteiger partial charge in [-0.3, -0.25) is 4.90 Å². The normalized spacial score (nSPS) is 20.8. The molecule has 1 rings (SSSR count). The average molecular weight is 254 g/mol. The molecular formula is C16H34N2. The second-order valence-corrected chi connectivity index (χ2v) is 6.55. The first-order valence-corrected chi connectivity index (χ1v) is 8.02. The number of hydrogen-bond acceptors (Lipinski definition) is 2. The quantitative estimate of drug-likeness (QED) is 0.713. The van der Waals surface area contributed by atoms with Crippen molar-refractivity contribution in [1.29, 1.82) is 0 Å². The van der Waals surface area contributed by atoms with E-state index in [2.05, 4.69) is 44.8 Å². The molecule has 1 saturated carbocycles. The Morgan fingerprint density at radius 3 is 2.22 bits per heavy atom. The van der Waals surface area contributed by atoms with Crippen molar-refractivity contribution in [3.8, 4) is 0 Å². The molecule has 0 amide bonds. The highest BCUT2D eigenvalue weighted by Gasteiger charge is 2.29. The maximum absolute atomic E-state index is 3.50. The van der Waals surface area contributed by atoms with Crippen LogP contribution in [0.25, 0.3) is 0 Å². The Bertz CT molecular complexity index is 209. The van der Waals surface area contributed by atoms with Crippen LogP contribution in [0.15, 0.2) is 0 Å². The minimum Gasteiger partial charge on any atom is -0.317 e.